The third kappa shape index (κ3) is 4.78. The fourth-order valence-corrected chi connectivity index (χ4v) is 3.97. The second-order valence-corrected chi connectivity index (χ2v) is 8.96. The minimum Gasteiger partial charge on any atom is -0.479 e. The van der Waals surface area contributed by atoms with E-state index in [0.717, 1.165) is 16.7 Å². The van der Waals surface area contributed by atoms with Crippen LogP contribution in [0.25, 0.3) is 11.3 Å². The van der Waals surface area contributed by atoms with E-state index in [1.165, 1.54) is 11.8 Å². The number of aliphatic hydroxyl groups excluding tert-OH is 3. The Hall–Kier alpha value is -2.37. The number of nitrogens with two attached hydrogens (primary N) is 1. The third-order valence-corrected chi connectivity index (χ3v) is 5.71. The van der Waals surface area contributed by atoms with Gasteiger partial charge in [0, 0.05) is 5.56 Å². The summed E-state index contributed by atoms with van der Waals surface area (Å²) in [6.07, 6.45) is -5.69. The molecule has 0 amide bonds. The number of aliphatic hydroxyl groups is 3. The largest absolute Gasteiger partial charge is 0.479 e. The average Bonchev–Trinajstić information content (AvgIpc) is 3.19. The van der Waals surface area contributed by atoms with Gasteiger partial charge in [-0.3, -0.25) is 0 Å². The van der Waals surface area contributed by atoms with Gasteiger partial charge in [0.05, 0.1) is 6.20 Å². The summed E-state index contributed by atoms with van der Waals surface area (Å²) in [4.78, 5) is 11.3. The second-order valence-electron chi connectivity index (χ2n) is 8.96. The number of aliphatic carboxylic acids is 1. The van der Waals surface area contributed by atoms with Gasteiger partial charge in [0.15, 0.2) is 12.3 Å². The number of nitrogens with zero attached hydrogens (tertiary/aromatic N) is 3. The minimum absolute atomic E-state index is 0.0601. The SMILES string of the molecule is CC(C)(C)C(CCN)c1ccc(-c2cn(C3OC(C(=O)O)C(O)C(O)C3O)nn2)cc1. The maximum Gasteiger partial charge on any atom is 0.335 e. The maximum atomic E-state index is 11.3. The molecule has 10 nitrogen and oxygen atoms in total. The summed E-state index contributed by atoms with van der Waals surface area (Å²) in [5.41, 5.74) is 8.28. The quantitative estimate of drug-likeness (QED) is 0.435. The fraction of sp³-hybridized carbons (Fsp3) is 0.571. The summed E-state index contributed by atoms with van der Waals surface area (Å²) >= 11 is 0. The Morgan fingerprint density at radius 2 is 1.81 bits per heavy atom. The molecule has 3 rings (SSSR count). The van der Waals surface area contributed by atoms with Crippen molar-refractivity contribution < 1.29 is 30.0 Å². The Bertz CT molecular complexity index is 894. The molecule has 2 heterocycles. The molecule has 1 fully saturated rings. The third-order valence-electron chi connectivity index (χ3n) is 5.71. The van der Waals surface area contributed by atoms with Crippen LogP contribution < -0.4 is 5.73 Å². The van der Waals surface area contributed by atoms with Crippen molar-refractivity contribution in [1.82, 2.24) is 15.0 Å². The summed E-state index contributed by atoms with van der Waals surface area (Å²) in [6.45, 7) is 7.13. The lowest BCUT2D eigenvalue weighted by atomic mass is 9.74. The molecule has 1 aliphatic rings. The van der Waals surface area contributed by atoms with E-state index in [0.29, 0.717) is 18.2 Å². The van der Waals surface area contributed by atoms with Gasteiger partial charge >= 0.3 is 5.97 Å². The predicted octanol–water partition coefficient (Wildman–Crippen LogP) is 0.488. The van der Waals surface area contributed by atoms with E-state index in [9.17, 15) is 25.2 Å². The monoisotopic (exact) mass is 434 g/mol. The van der Waals surface area contributed by atoms with E-state index in [1.807, 2.05) is 24.3 Å². The number of hydrogen-bond acceptors (Lipinski definition) is 8. The lowest BCUT2D eigenvalue weighted by molar-refractivity contribution is -0.249. The van der Waals surface area contributed by atoms with Crippen LogP contribution >= 0.6 is 0 Å². The summed E-state index contributed by atoms with van der Waals surface area (Å²) in [5.74, 6) is -1.15. The highest BCUT2D eigenvalue weighted by Gasteiger charge is 2.48. The van der Waals surface area contributed by atoms with Crippen LogP contribution in [0.4, 0.5) is 0 Å². The van der Waals surface area contributed by atoms with Gasteiger partial charge in [-0.05, 0) is 29.9 Å². The zero-order chi connectivity index (χ0) is 22.9. The van der Waals surface area contributed by atoms with Crippen LogP contribution in [0.2, 0.25) is 0 Å². The first-order valence-corrected chi connectivity index (χ1v) is 10.2. The molecular formula is C21H30N4O6. The molecular weight excluding hydrogens is 404 g/mol. The van der Waals surface area contributed by atoms with Gasteiger partial charge in [0.1, 0.15) is 24.0 Å². The maximum absolute atomic E-state index is 11.3. The van der Waals surface area contributed by atoms with Crippen molar-refractivity contribution in [3.05, 3.63) is 36.0 Å². The number of carboxylic acids is 1. The zero-order valence-corrected chi connectivity index (χ0v) is 17.8. The van der Waals surface area contributed by atoms with Gasteiger partial charge < -0.3 is 30.9 Å². The van der Waals surface area contributed by atoms with E-state index in [4.69, 9.17) is 10.5 Å². The highest BCUT2D eigenvalue weighted by atomic mass is 16.6. The molecule has 1 aliphatic heterocycles. The number of ether oxygens (including phenoxy) is 1. The van der Waals surface area contributed by atoms with Crippen molar-refractivity contribution in [2.75, 3.05) is 6.54 Å². The molecule has 31 heavy (non-hydrogen) atoms. The normalized spacial score (nSPS) is 27.8. The van der Waals surface area contributed by atoms with E-state index in [-0.39, 0.29) is 5.41 Å². The molecule has 6 unspecified atom stereocenters. The fourth-order valence-electron chi connectivity index (χ4n) is 3.97. The molecule has 2 aromatic rings. The van der Waals surface area contributed by atoms with Crippen LogP contribution in [0.5, 0.6) is 0 Å². The van der Waals surface area contributed by atoms with Crippen LogP contribution in [-0.4, -0.2) is 72.3 Å². The van der Waals surface area contributed by atoms with Crippen molar-refractivity contribution >= 4 is 5.97 Å². The van der Waals surface area contributed by atoms with E-state index in [1.54, 1.807) is 0 Å². The number of rotatable bonds is 6. The molecule has 0 aliphatic carbocycles. The number of aromatic nitrogens is 3. The Balaban J connectivity index is 1.83. The zero-order valence-electron chi connectivity index (χ0n) is 17.8. The van der Waals surface area contributed by atoms with E-state index in [2.05, 4.69) is 31.1 Å². The summed E-state index contributed by atoms with van der Waals surface area (Å²) in [6, 6.07) is 7.87. The van der Waals surface area contributed by atoms with Crippen LogP contribution in [0, 0.1) is 5.41 Å². The standard InChI is InChI=1S/C21H30N4O6/c1-21(2,3)13(8-9-22)11-4-6-12(7-5-11)14-10-25(24-23-14)19-17(28)15(26)16(27)18(31-19)20(29)30/h4-7,10,13,15-19,26-28H,8-9,22H2,1-3H3,(H,29,30). The number of benzene rings is 1. The van der Waals surface area contributed by atoms with Gasteiger partial charge in [0.25, 0.3) is 0 Å². The highest BCUT2D eigenvalue weighted by Crippen LogP contribution is 2.38. The van der Waals surface area contributed by atoms with Crippen molar-refractivity contribution in [2.24, 2.45) is 11.1 Å². The Morgan fingerprint density at radius 1 is 1.16 bits per heavy atom. The van der Waals surface area contributed by atoms with Gasteiger partial charge in [-0.1, -0.05) is 50.3 Å². The summed E-state index contributed by atoms with van der Waals surface area (Å²) in [5, 5.41) is 47.3. The Labute approximate surface area is 180 Å². The van der Waals surface area contributed by atoms with Crippen LogP contribution in [0.1, 0.15) is 44.9 Å². The van der Waals surface area contributed by atoms with Crippen molar-refractivity contribution in [1.29, 1.82) is 0 Å². The molecule has 0 radical (unpaired) electrons. The first kappa shape index (κ1) is 23.3. The first-order chi connectivity index (χ1) is 14.5. The van der Waals surface area contributed by atoms with Crippen molar-refractivity contribution in [3.8, 4) is 11.3 Å². The van der Waals surface area contributed by atoms with Crippen LogP contribution in [0.3, 0.4) is 0 Å². The molecule has 1 aromatic heterocycles. The van der Waals surface area contributed by atoms with Crippen LogP contribution in [0.15, 0.2) is 30.5 Å². The first-order valence-electron chi connectivity index (χ1n) is 10.2. The predicted molar refractivity (Wildman–Crippen MR) is 111 cm³/mol. The molecule has 10 heteroatoms. The van der Waals surface area contributed by atoms with E-state index < -0.39 is 36.6 Å². The van der Waals surface area contributed by atoms with Gasteiger partial charge in [-0.25, -0.2) is 9.48 Å². The summed E-state index contributed by atoms with van der Waals surface area (Å²) < 4.78 is 6.43. The molecule has 0 bridgehead atoms. The van der Waals surface area contributed by atoms with E-state index >= 15 is 0 Å². The minimum atomic E-state index is -1.76. The number of carbonyl (C=O) groups is 1. The van der Waals surface area contributed by atoms with Crippen molar-refractivity contribution in [2.45, 2.75) is 63.8 Å². The number of hydrogen-bond donors (Lipinski definition) is 5. The lowest BCUT2D eigenvalue weighted by Crippen LogP contribution is -2.57. The van der Waals surface area contributed by atoms with Crippen LogP contribution in [-0.2, 0) is 9.53 Å². The molecule has 0 saturated carbocycles. The smallest absolute Gasteiger partial charge is 0.335 e. The summed E-state index contributed by atoms with van der Waals surface area (Å²) in [7, 11) is 0. The van der Waals surface area contributed by atoms with Gasteiger partial charge in [-0.2, -0.15) is 0 Å². The molecule has 1 saturated heterocycles. The molecule has 1 aromatic carbocycles. The van der Waals surface area contributed by atoms with Gasteiger partial charge in [0.2, 0.25) is 0 Å². The Morgan fingerprint density at radius 3 is 2.35 bits per heavy atom. The average molecular weight is 434 g/mol. The molecule has 6 N–H and O–H groups in total. The molecule has 6 atom stereocenters. The Kier molecular flexibility index (Phi) is 6.77. The highest BCUT2D eigenvalue weighted by molar-refractivity contribution is 5.73. The molecule has 0 spiro atoms. The lowest BCUT2D eigenvalue weighted by Gasteiger charge is -2.38. The van der Waals surface area contributed by atoms with Crippen molar-refractivity contribution in [3.63, 3.8) is 0 Å². The molecule has 170 valence electrons. The number of carboxylic acid groups (broad SMARTS) is 1. The van der Waals surface area contributed by atoms with Gasteiger partial charge in [-0.15, -0.1) is 5.10 Å². The second kappa shape index (κ2) is 9.01. The topological polar surface area (TPSA) is 164 Å².